The highest BCUT2D eigenvalue weighted by Gasteiger charge is 2.11. The number of hydrogen-bond acceptors (Lipinski definition) is 4. The fraction of sp³-hybridized carbons (Fsp3) is 0.500. The number of carbonyl (C=O) groups is 1. The molecule has 0 fully saturated rings. The molecule has 0 unspecified atom stereocenters. The average Bonchev–Trinajstić information content (AvgIpc) is 3.03. The van der Waals surface area contributed by atoms with E-state index in [9.17, 15) is 4.79 Å². The van der Waals surface area contributed by atoms with E-state index in [1.165, 1.54) is 70.6 Å². The molecule has 0 aliphatic carbocycles. The maximum Gasteiger partial charge on any atom is 0.343 e. The van der Waals surface area contributed by atoms with Crippen molar-refractivity contribution >= 4 is 5.97 Å². The van der Waals surface area contributed by atoms with Gasteiger partial charge in [-0.1, -0.05) is 109 Å². The number of carbonyl (C=O) groups excluding carboxylic acids is 1. The van der Waals surface area contributed by atoms with E-state index >= 15 is 0 Å². The molecule has 3 aromatic rings. The van der Waals surface area contributed by atoms with Crippen LogP contribution in [0.3, 0.4) is 0 Å². The Morgan fingerprint density at radius 3 is 1.67 bits per heavy atom. The third-order valence-corrected chi connectivity index (χ3v) is 7.75. The lowest BCUT2D eigenvalue weighted by Gasteiger charge is -2.18. The van der Waals surface area contributed by atoms with Gasteiger partial charge in [-0.15, -0.1) is 0 Å². The number of unbranched alkanes of at least 4 members (excludes halogenated alkanes) is 10. The lowest BCUT2D eigenvalue weighted by atomic mass is 10.0. The van der Waals surface area contributed by atoms with Crippen LogP contribution in [0, 0.1) is 0 Å². The summed E-state index contributed by atoms with van der Waals surface area (Å²) in [5.74, 6) is 1.85. The van der Waals surface area contributed by atoms with Crippen molar-refractivity contribution in [2.24, 2.45) is 0 Å². The van der Waals surface area contributed by atoms with Crippen LogP contribution in [0.15, 0.2) is 72.8 Å². The molecule has 0 aromatic heterocycles. The molecule has 42 heavy (non-hydrogen) atoms. The smallest absolute Gasteiger partial charge is 0.343 e. The quantitative estimate of drug-likeness (QED) is 0.0723. The summed E-state index contributed by atoms with van der Waals surface area (Å²) in [6, 6.07) is 23.0. The topological polar surface area (TPSA) is 44.8 Å². The zero-order valence-electron chi connectivity index (χ0n) is 26.2. The van der Waals surface area contributed by atoms with Crippen LogP contribution >= 0.6 is 0 Å². The largest absolute Gasteiger partial charge is 0.494 e. The van der Waals surface area contributed by atoms with Crippen molar-refractivity contribution in [1.82, 2.24) is 0 Å². The third kappa shape index (κ3) is 12.3. The Bertz CT molecular complexity index is 1120. The molecule has 1 atom stereocenters. The molecule has 3 aromatic carbocycles. The Balaban J connectivity index is 1.40. The number of esters is 1. The fourth-order valence-electron chi connectivity index (χ4n) is 5.06. The zero-order chi connectivity index (χ0) is 29.8. The summed E-state index contributed by atoms with van der Waals surface area (Å²) in [4.78, 5) is 12.7. The highest BCUT2D eigenvalue weighted by molar-refractivity contribution is 5.91. The molecule has 0 radical (unpaired) electrons. The van der Waals surface area contributed by atoms with E-state index in [1.807, 2.05) is 48.5 Å². The van der Waals surface area contributed by atoms with Gasteiger partial charge in [0.25, 0.3) is 0 Å². The molecule has 0 bridgehead atoms. The summed E-state index contributed by atoms with van der Waals surface area (Å²) in [6.07, 6.45) is 17.7. The Morgan fingerprint density at radius 2 is 1.07 bits per heavy atom. The first kappa shape index (κ1) is 33.2. The standard InChI is InChI=1S/C38H52O4/c1-4-7-9-11-12-13-14-16-30-40-35-26-28-37(29-27-35)42-38(39)33-20-18-31(19-21-33)32-22-24-36(25-23-32)41-34(6-3)17-15-10-8-5-2/h18-29,34H,4-17,30H2,1-3H3/t34-/m1/s1. The van der Waals surface area contributed by atoms with Gasteiger partial charge in [0.15, 0.2) is 0 Å². The summed E-state index contributed by atoms with van der Waals surface area (Å²) in [6.45, 7) is 7.40. The Kier molecular flexibility index (Phi) is 15.7. The van der Waals surface area contributed by atoms with Gasteiger partial charge < -0.3 is 14.2 Å². The van der Waals surface area contributed by atoms with Gasteiger partial charge >= 0.3 is 5.97 Å². The van der Waals surface area contributed by atoms with Crippen LogP contribution in [-0.4, -0.2) is 18.7 Å². The van der Waals surface area contributed by atoms with Gasteiger partial charge in [-0.05, 0) is 85.3 Å². The van der Waals surface area contributed by atoms with Gasteiger partial charge in [-0.2, -0.15) is 0 Å². The van der Waals surface area contributed by atoms with E-state index < -0.39 is 0 Å². The van der Waals surface area contributed by atoms with Crippen LogP contribution in [0.5, 0.6) is 17.2 Å². The summed E-state index contributed by atoms with van der Waals surface area (Å²) >= 11 is 0. The first-order valence-corrected chi connectivity index (χ1v) is 16.4. The molecule has 4 heteroatoms. The monoisotopic (exact) mass is 572 g/mol. The number of ether oxygens (including phenoxy) is 3. The van der Waals surface area contributed by atoms with Gasteiger partial charge in [0.2, 0.25) is 0 Å². The van der Waals surface area contributed by atoms with Crippen molar-refractivity contribution in [2.75, 3.05) is 6.61 Å². The van der Waals surface area contributed by atoms with Gasteiger partial charge in [0.05, 0.1) is 18.3 Å². The summed E-state index contributed by atoms with van der Waals surface area (Å²) in [5, 5.41) is 0. The van der Waals surface area contributed by atoms with Crippen molar-refractivity contribution in [1.29, 1.82) is 0 Å². The van der Waals surface area contributed by atoms with E-state index in [4.69, 9.17) is 14.2 Å². The number of hydrogen-bond donors (Lipinski definition) is 0. The van der Waals surface area contributed by atoms with Crippen molar-refractivity contribution in [3.8, 4) is 28.4 Å². The predicted molar refractivity (Wildman–Crippen MR) is 175 cm³/mol. The second-order valence-electron chi connectivity index (χ2n) is 11.3. The van der Waals surface area contributed by atoms with E-state index in [0.717, 1.165) is 41.9 Å². The third-order valence-electron chi connectivity index (χ3n) is 7.75. The minimum atomic E-state index is -0.373. The van der Waals surface area contributed by atoms with Crippen molar-refractivity contribution in [3.63, 3.8) is 0 Å². The highest BCUT2D eigenvalue weighted by Crippen LogP contribution is 2.25. The minimum Gasteiger partial charge on any atom is -0.494 e. The molecule has 0 aliphatic heterocycles. The Hall–Kier alpha value is -3.27. The number of benzene rings is 3. The summed E-state index contributed by atoms with van der Waals surface area (Å²) in [5.41, 5.74) is 2.64. The second kappa shape index (κ2) is 19.8. The molecule has 0 spiro atoms. The Labute approximate surface area is 254 Å². The van der Waals surface area contributed by atoms with Gasteiger partial charge in [0.1, 0.15) is 17.2 Å². The molecule has 3 rings (SSSR count). The van der Waals surface area contributed by atoms with Crippen molar-refractivity contribution < 1.29 is 19.0 Å². The molecule has 0 aliphatic rings. The van der Waals surface area contributed by atoms with E-state index in [2.05, 4.69) is 32.9 Å². The van der Waals surface area contributed by atoms with Crippen molar-refractivity contribution in [3.05, 3.63) is 78.4 Å². The molecule has 0 N–H and O–H groups in total. The summed E-state index contributed by atoms with van der Waals surface area (Å²) < 4.78 is 17.7. The first-order valence-electron chi connectivity index (χ1n) is 16.4. The van der Waals surface area contributed by atoms with Gasteiger partial charge in [-0.3, -0.25) is 0 Å². The van der Waals surface area contributed by atoms with Crippen LogP contribution < -0.4 is 14.2 Å². The van der Waals surface area contributed by atoms with Gasteiger partial charge in [-0.25, -0.2) is 4.79 Å². The Morgan fingerprint density at radius 1 is 0.571 bits per heavy atom. The van der Waals surface area contributed by atoms with E-state index in [1.54, 1.807) is 12.1 Å². The van der Waals surface area contributed by atoms with Gasteiger partial charge in [0, 0.05) is 0 Å². The maximum absolute atomic E-state index is 12.7. The van der Waals surface area contributed by atoms with Crippen LogP contribution in [0.4, 0.5) is 0 Å². The normalized spacial score (nSPS) is 11.7. The zero-order valence-corrected chi connectivity index (χ0v) is 26.2. The van der Waals surface area contributed by atoms with E-state index in [-0.39, 0.29) is 12.1 Å². The van der Waals surface area contributed by atoms with Crippen LogP contribution in [0.25, 0.3) is 11.1 Å². The first-order chi connectivity index (χ1) is 20.6. The average molecular weight is 573 g/mol. The molecule has 0 heterocycles. The molecule has 0 saturated heterocycles. The van der Waals surface area contributed by atoms with Crippen molar-refractivity contribution in [2.45, 2.75) is 117 Å². The molecule has 0 amide bonds. The van der Waals surface area contributed by atoms with E-state index in [0.29, 0.717) is 17.9 Å². The lowest BCUT2D eigenvalue weighted by Crippen LogP contribution is -2.15. The maximum atomic E-state index is 12.7. The lowest BCUT2D eigenvalue weighted by molar-refractivity contribution is 0.0734. The molecular formula is C38H52O4. The van der Waals surface area contributed by atoms with Crippen LogP contribution in [0.2, 0.25) is 0 Å². The van der Waals surface area contributed by atoms with Crippen LogP contribution in [-0.2, 0) is 0 Å². The second-order valence-corrected chi connectivity index (χ2v) is 11.3. The molecule has 0 saturated carbocycles. The minimum absolute atomic E-state index is 0.265. The SMILES string of the molecule is CCCCCCCCCCOc1ccc(OC(=O)c2ccc(-c3ccc(O[C@H](CC)CCCCCC)cc3)cc2)cc1. The summed E-state index contributed by atoms with van der Waals surface area (Å²) in [7, 11) is 0. The highest BCUT2D eigenvalue weighted by atomic mass is 16.5. The van der Waals surface area contributed by atoms with Crippen LogP contribution in [0.1, 0.15) is 121 Å². The fourth-order valence-corrected chi connectivity index (χ4v) is 5.06. The number of rotatable bonds is 21. The molecule has 4 nitrogen and oxygen atoms in total. The molecule has 228 valence electrons. The molecular weight excluding hydrogens is 520 g/mol. The predicted octanol–water partition coefficient (Wildman–Crippen LogP) is 11.2.